The van der Waals surface area contributed by atoms with Crippen LogP contribution in [0.5, 0.6) is 34.5 Å². The fraction of sp³-hybridized carbons (Fsp3) is 0.456. The second-order valence-electron chi connectivity index (χ2n) is 22.4. The molecule has 1 unspecified atom stereocenters. The zero-order chi connectivity index (χ0) is 68.4. The maximum atomic E-state index is 13.1. The molecule has 0 radical (unpaired) electrons. The lowest BCUT2D eigenvalue weighted by atomic mass is 9.77. The van der Waals surface area contributed by atoms with Crippen molar-refractivity contribution in [2.24, 2.45) is 29.2 Å². The first kappa shape index (κ1) is 74.2. The van der Waals surface area contributed by atoms with Crippen molar-refractivity contribution < 1.29 is 73.3 Å². The summed E-state index contributed by atoms with van der Waals surface area (Å²) in [4.78, 5) is 68.8. The number of hydrogen-bond donors (Lipinski definition) is 11. The summed E-state index contributed by atoms with van der Waals surface area (Å²) in [7, 11) is -4.07. The number of aromatic hydroxyl groups is 2. The second kappa shape index (κ2) is 32.5. The lowest BCUT2D eigenvalue weighted by Crippen LogP contribution is -2.53. The van der Waals surface area contributed by atoms with Crippen LogP contribution in [0, 0.1) is 17.8 Å². The minimum absolute atomic E-state index is 0.0363. The third-order valence-corrected chi connectivity index (χ3v) is 20.0. The first-order chi connectivity index (χ1) is 43.8. The van der Waals surface area contributed by atoms with Crippen LogP contribution < -0.4 is 62.9 Å². The average Bonchev–Trinajstić information content (AvgIpc) is 1.59. The molecule has 10 rings (SSSR count). The quantitative estimate of drug-likeness (QED) is 0.0308. The molecule has 5 aliphatic carbocycles. The first-order valence-corrected chi connectivity index (χ1v) is 34.1. The van der Waals surface area contributed by atoms with E-state index in [0.717, 1.165) is 49.9 Å². The van der Waals surface area contributed by atoms with Crippen molar-refractivity contribution in [3.63, 3.8) is 0 Å². The van der Waals surface area contributed by atoms with Crippen LogP contribution >= 0.6 is 62.3 Å². The number of carbonyl (C=O) groups excluding carboxylic acids is 4. The molecule has 4 aromatic carbocycles. The number of urea groups is 1. The number of ether oxygens (including phenoxy) is 2. The number of ketones is 1. The van der Waals surface area contributed by atoms with E-state index in [0.29, 0.717) is 53.3 Å². The molecular weight excluding hydrogens is 1420 g/mol. The topological polar surface area (TPSA) is 387 Å². The molecule has 508 valence electrons. The number of phenols is 2. The summed E-state index contributed by atoms with van der Waals surface area (Å²) < 4.78 is 119. The number of primary amides is 1. The molecule has 4 amide bonds. The molecule has 5 fully saturated rings. The number of H-pyrrole nitrogens is 1. The summed E-state index contributed by atoms with van der Waals surface area (Å²) in [5.41, 5.74) is 5.29. The van der Waals surface area contributed by atoms with Gasteiger partial charge in [-0.1, -0.05) is 75.2 Å². The third kappa shape index (κ3) is 20.7. The van der Waals surface area contributed by atoms with Crippen LogP contribution in [0.25, 0.3) is 5.69 Å². The Hall–Kier alpha value is -6.17. The summed E-state index contributed by atoms with van der Waals surface area (Å²) in [6.45, 7) is 0. The Morgan fingerprint density at radius 1 is 0.710 bits per heavy atom. The number of nitrogens with two attached hydrogens (primary N) is 2. The zero-order valence-electron chi connectivity index (χ0n) is 49.4. The molecule has 5 aliphatic rings. The normalized spacial score (nSPS) is 20.4. The number of carbonyl (C=O) groups is 4. The number of likely N-dealkylation sites (N-methyl/N-ethyl adjacent to an activating group) is 2. The number of nitrogens with one attached hydrogen (secondary N) is 7. The molecule has 36 heteroatoms. The van der Waals surface area contributed by atoms with E-state index in [-0.39, 0.29) is 101 Å². The number of rotatable bonds is 21. The molecule has 0 bridgehead atoms. The molecule has 5 aromatic rings. The summed E-state index contributed by atoms with van der Waals surface area (Å²) >= 11 is 28.1. The zero-order valence-corrected chi connectivity index (χ0v) is 55.6. The van der Waals surface area contributed by atoms with Crippen molar-refractivity contribution in [2.45, 2.75) is 142 Å². The van der Waals surface area contributed by atoms with Gasteiger partial charge in [0.05, 0.1) is 25.8 Å². The first-order valence-electron chi connectivity index (χ1n) is 28.8. The largest absolute Gasteiger partial charge is 0.507 e. The highest BCUT2D eigenvalue weighted by Crippen LogP contribution is 2.43. The number of aromatic amines is 1. The number of aromatic nitrogens is 3. The van der Waals surface area contributed by atoms with E-state index in [1.165, 1.54) is 55.3 Å². The van der Waals surface area contributed by atoms with Gasteiger partial charge < -0.3 is 47.1 Å². The van der Waals surface area contributed by atoms with Gasteiger partial charge in [0, 0.05) is 65.1 Å². The van der Waals surface area contributed by atoms with E-state index in [1.807, 2.05) is 0 Å². The van der Waals surface area contributed by atoms with Crippen LogP contribution in [-0.2, 0) is 34.4 Å². The minimum Gasteiger partial charge on any atom is -0.507 e. The molecule has 3 atom stereocenters. The van der Waals surface area contributed by atoms with Crippen molar-refractivity contribution in [3.05, 3.63) is 112 Å². The van der Waals surface area contributed by atoms with Gasteiger partial charge in [0.2, 0.25) is 26.0 Å². The van der Waals surface area contributed by atoms with E-state index in [9.17, 15) is 73.4 Å². The highest BCUT2D eigenvalue weighted by atomic mass is 79.9. The van der Waals surface area contributed by atoms with Gasteiger partial charge >= 0.3 is 11.7 Å². The third-order valence-electron chi connectivity index (χ3n) is 15.3. The molecule has 5 saturated carbocycles. The predicted molar refractivity (Wildman–Crippen MR) is 339 cm³/mol. The second-order valence-corrected chi connectivity index (χ2v) is 28.3. The van der Waals surface area contributed by atoms with Crippen molar-refractivity contribution in [2.75, 3.05) is 14.1 Å². The number of amides is 4. The van der Waals surface area contributed by atoms with Crippen LogP contribution in [0.1, 0.15) is 95.6 Å². The van der Waals surface area contributed by atoms with E-state index < -0.39 is 84.2 Å². The number of alkyl halides is 4. The van der Waals surface area contributed by atoms with Gasteiger partial charge in [-0.3, -0.25) is 29.5 Å². The summed E-state index contributed by atoms with van der Waals surface area (Å²) in [6.07, 6.45) is 5.35. The van der Waals surface area contributed by atoms with Crippen LogP contribution in [0.15, 0.2) is 84.5 Å². The number of imide groups is 1. The number of sulfonamides is 2. The molecule has 93 heavy (non-hydrogen) atoms. The number of Topliss-reactive ketones (excluding diaryl/α,β-unsaturated/α-hetero) is 1. The van der Waals surface area contributed by atoms with Crippen molar-refractivity contribution in [1.82, 2.24) is 45.5 Å². The Morgan fingerprint density at radius 3 is 1.60 bits per heavy atom. The van der Waals surface area contributed by atoms with Gasteiger partial charge in [0.1, 0.15) is 44.6 Å². The predicted octanol–water partition coefficient (Wildman–Crippen LogP) is 8.19. The van der Waals surface area contributed by atoms with E-state index in [1.54, 1.807) is 17.1 Å². The molecule has 25 nitrogen and oxygen atoms in total. The highest BCUT2D eigenvalue weighted by Gasteiger charge is 2.40. The standard InChI is InChI=1S/C25H22Cl2F2N4O7S.C20H19BrCl2N2O5S.C8H18N2.C4H7F2N3O2/c26-16-8-14(33-25(37)30-24(36)21(31-33)23(28)29)9-17(27)22(16)40-15-3-4-18(34)20(10-15)41(38,39)32-13-5-11(6-13)7-19(35)12-1-2-12;21-11-5-15(22)19(16(23)6-11)30-14-3-4-17(26)18(9-14)31(28,29)25-13-7-12(8-13)24-20(27)10-1-2-10;1-9-7-5-3-4-6-8(7)10-2;5-2(6)1(7)3(10)9-4(8)11/h3-4,8-13,23,32,34H,1-2,5-7H2,(H,30,36,37);3-6,9-10,12-13,25-26H,1-2,7-8H2,(H,24,27);7-10H,3-6H2,1-2H3;1-2H,7H2,(H3,8,9,10,11)/t;;7-,8-;/m..1./s1. The highest BCUT2D eigenvalue weighted by molar-refractivity contribution is 9.10. The van der Waals surface area contributed by atoms with Gasteiger partial charge in [-0.05, 0) is 133 Å². The average molecular weight is 1490 g/mol. The fourth-order valence-electron chi connectivity index (χ4n) is 9.96. The monoisotopic (exact) mass is 1490 g/mol. The molecule has 13 N–H and O–H groups in total. The summed E-state index contributed by atoms with van der Waals surface area (Å²) in [5.74, 6) is -1.50. The van der Waals surface area contributed by atoms with Gasteiger partial charge in [0.25, 0.3) is 24.3 Å². The molecule has 0 spiro atoms. The Labute approximate surface area is 558 Å². The lowest BCUT2D eigenvalue weighted by molar-refractivity contribution is -0.125. The van der Waals surface area contributed by atoms with Crippen LogP contribution in [-0.4, -0.2) is 122 Å². The van der Waals surface area contributed by atoms with Gasteiger partial charge in [0.15, 0.2) is 17.2 Å². The maximum Gasteiger partial charge on any atom is 0.349 e. The Balaban J connectivity index is 0.000000205. The van der Waals surface area contributed by atoms with Crippen molar-refractivity contribution in [3.8, 4) is 40.2 Å². The maximum absolute atomic E-state index is 13.1. The van der Waals surface area contributed by atoms with Gasteiger partial charge in [-0.15, -0.1) is 0 Å². The van der Waals surface area contributed by atoms with Crippen LogP contribution in [0.2, 0.25) is 20.1 Å². The van der Waals surface area contributed by atoms with Crippen molar-refractivity contribution >= 4 is 106 Å². The molecule has 0 aliphatic heterocycles. The van der Waals surface area contributed by atoms with Crippen molar-refractivity contribution in [1.29, 1.82) is 0 Å². The Bertz CT molecular complexity index is 3870. The van der Waals surface area contributed by atoms with Gasteiger partial charge in [-0.2, -0.15) is 9.78 Å². The SMILES string of the molecule is CN[C@@H]1CCCC[C@H]1NC.NC(=O)NC(=O)C(N)C(F)F.O=C(CC1CC(NS(=O)(=O)c2cc(Oc3c(Cl)cc(-n4nc(C(F)F)c(=O)[nH]c4=O)cc3Cl)ccc2O)C1)C1CC1.O=C(NC1CC(NS(=O)(=O)c2cc(Oc3c(Cl)cc(Br)cc3Cl)ccc2O)C1)C1CC1. The summed E-state index contributed by atoms with van der Waals surface area (Å²) in [6, 6.07) is 10.2. The number of nitrogens with zero attached hydrogens (tertiary/aromatic N) is 2. The molecule has 1 aromatic heterocycles. The summed E-state index contributed by atoms with van der Waals surface area (Å²) in [5, 5.41) is 34.9. The lowest BCUT2D eigenvalue weighted by Gasteiger charge is -2.36. The van der Waals surface area contributed by atoms with E-state index >= 15 is 0 Å². The van der Waals surface area contributed by atoms with Gasteiger partial charge in [-0.25, -0.2) is 53.4 Å². The number of phenolic OH excluding ortho intramolecular Hbond substituents is 2. The number of hydrogen-bond acceptors (Lipinski definition) is 18. The fourth-order valence-corrected chi connectivity index (χ4v) is 14.5. The molecule has 0 saturated heterocycles. The minimum atomic E-state index is -4.17. The molecule has 1 heterocycles. The Kier molecular flexibility index (Phi) is 26.0. The Morgan fingerprint density at radius 2 is 1.17 bits per heavy atom. The van der Waals surface area contributed by atoms with Crippen LogP contribution in [0.3, 0.4) is 0 Å². The van der Waals surface area contributed by atoms with Crippen LogP contribution in [0.4, 0.5) is 22.4 Å². The number of benzene rings is 4. The smallest absolute Gasteiger partial charge is 0.349 e. The molecular formula is C57H66BrCl4F4N11O14S2. The van der Waals surface area contributed by atoms with E-state index in [4.69, 9.17) is 55.9 Å². The number of halogens is 9. The van der Waals surface area contributed by atoms with E-state index in [2.05, 4.69) is 72.0 Å².